The molecule has 5 N–H and O–H groups in total. The first-order valence-electron chi connectivity index (χ1n) is 7.78. The summed E-state index contributed by atoms with van der Waals surface area (Å²) < 4.78 is 46.7. The van der Waals surface area contributed by atoms with Crippen LogP contribution in [0.4, 0.5) is 0 Å². The van der Waals surface area contributed by atoms with E-state index in [1.54, 1.807) is 0 Å². The van der Waals surface area contributed by atoms with Gasteiger partial charge in [0.25, 0.3) is 5.56 Å². The first-order chi connectivity index (χ1) is 12.7. The van der Waals surface area contributed by atoms with Crippen LogP contribution in [-0.2, 0) is 26.8 Å². The van der Waals surface area contributed by atoms with E-state index in [0.717, 1.165) is 0 Å². The zero-order valence-corrected chi connectivity index (χ0v) is 17.1. The Labute approximate surface area is 187 Å². The number of aromatic amines is 1. The molecule has 1 saturated carbocycles. The van der Waals surface area contributed by atoms with E-state index in [9.17, 15) is 28.2 Å². The normalized spacial score (nSPS) is 21.5. The van der Waals surface area contributed by atoms with Crippen LogP contribution >= 0.6 is 23.5 Å². The summed E-state index contributed by atoms with van der Waals surface area (Å²) in [6.07, 6.45) is 2.75. The second-order valence-corrected chi connectivity index (χ2v) is 10.6. The average molecular weight is 528 g/mol. The Bertz CT molecular complexity index is 985. The van der Waals surface area contributed by atoms with E-state index < -0.39 is 41.3 Å². The van der Waals surface area contributed by atoms with Crippen molar-refractivity contribution >= 4 is 23.5 Å². The number of hydrogen-bond acceptors (Lipinski definition) is 8. The maximum Gasteiger partial charge on any atom is 0.490 e. The maximum atomic E-state index is 11.9. The number of aromatic nitrogens is 2. The van der Waals surface area contributed by atoms with Crippen molar-refractivity contribution in [2.75, 3.05) is 6.61 Å². The van der Waals surface area contributed by atoms with Gasteiger partial charge in [-0.15, -0.1) is 0 Å². The molecule has 1 aromatic rings. The van der Waals surface area contributed by atoms with E-state index in [1.165, 1.54) is 17.7 Å². The van der Waals surface area contributed by atoms with Gasteiger partial charge in [0, 0.05) is 17.8 Å². The molecule has 192 valence electrons. The zero-order valence-electron chi connectivity index (χ0n) is 14.4. The lowest BCUT2D eigenvalue weighted by Crippen LogP contribution is -2.32. The largest absolute Gasteiger partial charge is 0.490 e. The summed E-state index contributed by atoms with van der Waals surface area (Å²) in [5.74, 6) is -0.325. The number of phosphoric acid groups is 3. The molecule has 2 unspecified atom stereocenters. The van der Waals surface area contributed by atoms with Crippen LogP contribution in [0.15, 0.2) is 15.8 Å². The van der Waals surface area contributed by atoms with Gasteiger partial charge in [-0.1, -0.05) is 29.7 Å². The number of nitrogens with zero attached hydrogens (tertiary/aromatic N) is 1. The van der Waals surface area contributed by atoms with Crippen LogP contribution in [-0.4, -0.2) is 35.7 Å². The van der Waals surface area contributed by atoms with E-state index >= 15 is 0 Å². The molecule has 1 heterocycles. The van der Waals surface area contributed by atoms with E-state index in [-0.39, 0.29) is 41.7 Å². The van der Waals surface area contributed by atoms with Crippen molar-refractivity contribution in [3.8, 4) is 0 Å². The van der Waals surface area contributed by atoms with Crippen LogP contribution in [0.25, 0.3) is 0 Å². The Kier molecular flexibility index (Phi) is 14.6. The Morgan fingerprint density at radius 3 is 2.09 bits per heavy atom. The van der Waals surface area contributed by atoms with E-state index in [0.29, 0.717) is 24.8 Å². The van der Waals surface area contributed by atoms with Gasteiger partial charge in [-0.3, -0.25) is 18.9 Å². The van der Waals surface area contributed by atoms with Gasteiger partial charge < -0.3 is 19.6 Å². The highest BCUT2D eigenvalue weighted by Crippen LogP contribution is 2.66. The summed E-state index contributed by atoms with van der Waals surface area (Å²) in [6, 6.07) is -0.294. The van der Waals surface area contributed by atoms with E-state index in [2.05, 4.69) is 18.1 Å². The van der Waals surface area contributed by atoms with Crippen LogP contribution in [0.1, 0.15) is 60.6 Å². The predicted octanol–water partition coefficient (Wildman–Crippen LogP) is 3.07. The van der Waals surface area contributed by atoms with Crippen LogP contribution in [0.2, 0.25) is 0 Å². The molecule has 1 aliphatic carbocycles. The number of rotatable bonds is 8. The smallest absolute Gasteiger partial charge is 0.302 e. The fraction of sp³-hybridized carbons (Fsp3) is 0.733. The first kappa shape index (κ1) is 35.7. The van der Waals surface area contributed by atoms with Gasteiger partial charge in [-0.25, -0.2) is 18.5 Å². The minimum absolute atomic E-state index is 0. The molecule has 0 radical (unpaired) electrons. The molecule has 1 aromatic heterocycles. The second-order valence-electron chi connectivity index (χ2n) is 6.20. The Hall–Kier alpha value is -0.910. The molecular weight excluding hydrogens is 493 g/mol. The van der Waals surface area contributed by atoms with Gasteiger partial charge in [0.05, 0.1) is 6.61 Å². The summed E-state index contributed by atoms with van der Waals surface area (Å²) in [7, 11) is -16.2. The third kappa shape index (κ3) is 10.8. The van der Waals surface area contributed by atoms with Crippen LogP contribution < -0.4 is 11.2 Å². The lowest BCUT2D eigenvalue weighted by molar-refractivity contribution is 0.153. The Morgan fingerprint density at radius 2 is 1.56 bits per heavy atom. The molecule has 0 amide bonds. The molecule has 0 bridgehead atoms. The van der Waals surface area contributed by atoms with Crippen molar-refractivity contribution in [3.63, 3.8) is 0 Å². The van der Waals surface area contributed by atoms with Crippen LogP contribution in [0.5, 0.6) is 0 Å². The monoisotopic (exact) mass is 528 g/mol. The van der Waals surface area contributed by atoms with Crippen molar-refractivity contribution in [2.45, 2.75) is 61.9 Å². The number of phosphoric ester groups is 1. The SMILES string of the molecule is C.C.C.C.Cc1cn([C@H]2CC[C@@H](COP(=O)(O)OP(=O)(O)OP(=O)(O)O)C2)c(=O)[nH]c1=O. The summed E-state index contributed by atoms with van der Waals surface area (Å²) >= 11 is 0. The summed E-state index contributed by atoms with van der Waals surface area (Å²) in [5, 5.41) is 0. The standard InChI is InChI=1S/C11H19N2O12P3.4CH4/c1-7-5-13(11(15)12-10(7)14)9-3-2-8(4-9)6-23-27(19,20)25-28(21,22)24-26(16,17)18;;;;/h5,8-9H,2-4,6H2,1H3,(H,19,20)(H,21,22)(H,12,14,15)(H2,16,17,18);4*1H4/t8-,9+;;;;/m1..../s1. The van der Waals surface area contributed by atoms with Gasteiger partial charge in [-0.2, -0.15) is 8.62 Å². The average Bonchev–Trinajstić information content (AvgIpc) is 2.94. The number of H-pyrrole nitrogens is 1. The fourth-order valence-electron chi connectivity index (χ4n) is 2.81. The highest BCUT2D eigenvalue weighted by atomic mass is 31.3. The number of hydrogen-bond donors (Lipinski definition) is 5. The van der Waals surface area contributed by atoms with Crippen molar-refractivity contribution in [2.24, 2.45) is 5.92 Å². The second kappa shape index (κ2) is 13.1. The lowest BCUT2D eigenvalue weighted by Gasteiger charge is -2.18. The molecule has 0 spiro atoms. The third-order valence-electron chi connectivity index (χ3n) is 3.94. The Morgan fingerprint density at radius 1 is 1.00 bits per heavy atom. The fourth-order valence-corrected chi connectivity index (χ4v) is 5.91. The first-order valence-corrected chi connectivity index (χ1v) is 12.3. The van der Waals surface area contributed by atoms with E-state index in [4.69, 9.17) is 14.7 Å². The highest BCUT2D eigenvalue weighted by Gasteiger charge is 2.41. The van der Waals surface area contributed by atoms with Gasteiger partial charge >= 0.3 is 29.2 Å². The molecule has 0 aliphatic heterocycles. The van der Waals surface area contributed by atoms with Crippen molar-refractivity contribution < 1.29 is 46.4 Å². The minimum atomic E-state index is -5.55. The van der Waals surface area contributed by atoms with Crippen molar-refractivity contribution in [3.05, 3.63) is 32.6 Å². The minimum Gasteiger partial charge on any atom is -0.302 e. The van der Waals surface area contributed by atoms with Gasteiger partial charge in [0.1, 0.15) is 0 Å². The molecule has 0 saturated heterocycles. The topological polar surface area (TPSA) is 215 Å². The quantitative estimate of drug-likeness (QED) is 0.308. The van der Waals surface area contributed by atoms with Gasteiger partial charge in [-0.05, 0) is 32.1 Å². The van der Waals surface area contributed by atoms with Crippen LogP contribution in [0, 0.1) is 12.8 Å². The Balaban J connectivity index is -0.00000210. The third-order valence-corrected chi connectivity index (χ3v) is 7.74. The lowest BCUT2D eigenvalue weighted by atomic mass is 10.1. The maximum absolute atomic E-state index is 11.9. The molecule has 1 aliphatic rings. The van der Waals surface area contributed by atoms with Crippen molar-refractivity contribution in [1.82, 2.24) is 9.55 Å². The predicted molar refractivity (Wildman–Crippen MR) is 119 cm³/mol. The van der Waals surface area contributed by atoms with Crippen LogP contribution in [0.3, 0.4) is 0 Å². The summed E-state index contributed by atoms with van der Waals surface area (Å²) in [4.78, 5) is 61.0. The molecule has 2 rings (SSSR count). The molecule has 14 nitrogen and oxygen atoms in total. The van der Waals surface area contributed by atoms with E-state index in [1.807, 2.05) is 0 Å². The number of aryl methyl sites for hydroxylation is 1. The van der Waals surface area contributed by atoms with Gasteiger partial charge in [0.15, 0.2) is 0 Å². The summed E-state index contributed by atoms with van der Waals surface area (Å²) in [5.41, 5.74) is -0.742. The molecular formula is C15H35N2O12P3. The molecule has 0 aromatic carbocycles. The molecule has 17 heteroatoms. The molecule has 4 atom stereocenters. The molecule has 1 fully saturated rings. The zero-order chi connectivity index (χ0) is 21.3. The highest BCUT2D eigenvalue weighted by molar-refractivity contribution is 7.66. The van der Waals surface area contributed by atoms with Crippen molar-refractivity contribution in [1.29, 1.82) is 0 Å². The number of nitrogens with one attached hydrogen (secondary N) is 1. The van der Waals surface area contributed by atoms with Gasteiger partial charge in [0.2, 0.25) is 0 Å². The summed E-state index contributed by atoms with van der Waals surface area (Å²) in [6.45, 7) is 1.15. The molecule has 32 heavy (non-hydrogen) atoms.